The smallest absolute Gasteiger partial charge is 0.0548 e. The fourth-order valence-corrected chi connectivity index (χ4v) is 15.8. The second-order valence-electron chi connectivity index (χ2n) is 9.80. The Bertz CT molecular complexity index is 975. The summed E-state index contributed by atoms with van der Waals surface area (Å²) in [6.45, 7) is 13.0. The van der Waals surface area contributed by atoms with Gasteiger partial charge in [0.05, 0.1) is 15.2 Å². The third-order valence-electron chi connectivity index (χ3n) is 7.80. The molecule has 2 heteroatoms. The lowest BCUT2D eigenvalue weighted by atomic mass is 10.0. The molecule has 0 aliphatic heterocycles. The maximum atomic E-state index is 2.67. The Hall–Kier alpha value is -1.65. The van der Waals surface area contributed by atoms with Gasteiger partial charge in [-0.25, -0.2) is 0 Å². The van der Waals surface area contributed by atoms with Gasteiger partial charge in [-0.15, -0.1) is 0 Å². The van der Waals surface area contributed by atoms with E-state index in [1.165, 1.54) is 35.6 Å². The van der Waals surface area contributed by atoms with E-state index in [0.29, 0.717) is 11.1 Å². The zero-order valence-corrected chi connectivity index (χ0v) is 20.1. The summed E-state index contributed by atoms with van der Waals surface area (Å²) in [6, 6.07) is 13.6. The molecule has 0 saturated heterocycles. The molecule has 0 heterocycles. The maximum absolute atomic E-state index is 2.67. The van der Waals surface area contributed by atoms with Crippen molar-refractivity contribution in [2.45, 2.75) is 63.5 Å². The second-order valence-corrected chi connectivity index (χ2v) is 25.7. The third kappa shape index (κ3) is 3.11. The van der Waals surface area contributed by atoms with Crippen LogP contribution in [0.2, 0.25) is 31.7 Å². The van der Waals surface area contributed by atoms with E-state index in [-0.39, 0.29) is 0 Å². The lowest BCUT2D eigenvalue weighted by molar-refractivity contribution is 0.798. The zero-order chi connectivity index (χ0) is 19.9. The van der Waals surface area contributed by atoms with Gasteiger partial charge in [-0.05, 0) is 45.8 Å². The summed E-state index contributed by atoms with van der Waals surface area (Å²) in [7, 11) is -2.96. The van der Waals surface area contributed by atoms with Crippen molar-refractivity contribution in [2.24, 2.45) is 0 Å². The zero-order valence-electron chi connectivity index (χ0n) is 18.1. The summed E-state index contributed by atoms with van der Waals surface area (Å²) < 4.78 is 0. The fourth-order valence-electron chi connectivity index (χ4n) is 5.09. The van der Waals surface area contributed by atoms with Gasteiger partial charge in [0.15, 0.2) is 0 Å². The second kappa shape index (κ2) is 7.31. The van der Waals surface area contributed by atoms with Gasteiger partial charge >= 0.3 is 0 Å². The van der Waals surface area contributed by atoms with E-state index in [1.54, 1.807) is 11.1 Å². The maximum Gasteiger partial charge on any atom is 0.0548 e. The van der Waals surface area contributed by atoms with Gasteiger partial charge in [0.1, 0.15) is 0 Å². The predicted molar refractivity (Wildman–Crippen MR) is 131 cm³/mol. The third-order valence-corrected chi connectivity index (χ3v) is 27.1. The molecule has 0 saturated carbocycles. The van der Waals surface area contributed by atoms with E-state index in [4.69, 9.17) is 0 Å². The van der Waals surface area contributed by atoms with Crippen LogP contribution < -0.4 is 0 Å². The van der Waals surface area contributed by atoms with Crippen molar-refractivity contribution in [2.75, 3.05) is 0 Å². The van der Waals surface area contributed by atoms with Crippen LogP contribution in [0.15, 0.2) is 66.3 Å². The molecule has 2 atom stereocenters. The molecule has 0 N–H and O–H groups in total. The van der Waals surface area contributed by atoms with Gasteiger partial charge in [-0.1, -0.05) is 112 Å². The summed E-state index contributed by atoms with van der Waals surface area (Å²) >= 11 is 0. The highest BCUT2D eigenvalue weighted by Gasteiger charge is 2.50. The SMILES string of the molecule is CCCCC1=CC([Si](C)(C)[Si](C)(C)C2C=Cc3c2ccc2ccccc32)C=C1. The Balaban J connectivity index is 1.67. The summed E-state index contributed by atoms with van der Waals surface area (Å²) in [5.74, 6) is 0. The van der Waals surface area contributed by atoms with E-state index in [9.17, 15) is 0 Å². The first-order valence-electron chi connectivity index (χ1n) is 10.9. The molecule has 0 fully saturated rings. The van der Waals surface area contributed by atoms with Crippen molar-refractivity contribution in [1.29, 1.82) is 0 Å². The van der Waals surface area contributed by atoms with Gasteiger partial charge in [-0.3, -0.25) is 0 Å². The van der Waals surface area contributed by atoms with Crippen molar-refractivity contribution >= 4 is 32.0 Å². The molecule has 0 radical (unpaired) electrons. The van der Waals surface area contributed by atoms with Gasteiger partial charge < -0.3 is 0 Å². The molecule has 2 unspecified atom stereocenters. The molecule has 0 spiro atoms. The number of fused-ring (bicyclic) bond motifs is 3. The highest BCUT2D eigenvalue weighted by Crippen LogP contribution is 2.47. The van der Waals surface area contributed by atoms with E-state index >= 15 is 0 Å². The summed E-state index contributed by atoms with van der Waals surface area (Å²) in [5, 5.41) is 2.79. The largest absolute Gasteiger partial charge is 0.0803 e. The highest BCUT2D eigenvalue weighted by molar-refractivity contribution is 7.42. The lowest BCUT2D eigenvalue weighted by Crippen LogP contribution is -2.60. The van der Waals surface area contributed by atoms with E-state index in [1.807, 2.05) is 0 Å². The lowest BCUT2D eigenvalue weighted by Gasteiger charge is -2.45. The van der Waals surface area contributed by atoms with Crippen LogP contribution in [0.5, 0.6) is 0 Å². The van der Waals surface area contributed by atoms with Crippen molar-refractivity contribution in [3.63, 3.8) is 0 Å². The number of allylic oxidation sites excluding steroid dienone is 5. The van der Waals surface area contributed by atoms with Gasteiger partial charge in [-0.2, -0.15) is 0 Å². The number of unbranched alkanes of at least 4 members (excludes halogenated alkanes) is 1. The average molecular weight is 403 g/mol. The molecular formula is C26H34Si2. The van der Waals surface area contributed by atoms with Gasteiger partial charge in [0.2, 0.25) is 0 Å². The Kier molecular flexibility index (Phi) is 5.13. The van der Waals surface area contributed by atoms with Gasteiger partial charge in [0, 0.05) is 0 Å². The van der Waals surface area contributed by atoms with Crippen LogP contribution in [0.1, 0.15) is 42.9 Å². The summed E-state index contributed by atoms with van der Waals surface area (Å²) in [5.41, 5.74) is 6.02. The minimum atomic E-state index is -1.51. The Morgan fingerprint density at radius 2 is 1.64 bits per heavy atom. The molecule has 4 rings (SSSR count). The highest BCUT2D eigenvalue weighted by atomic mass is 29.3. The van der Waals surface area contributed by atoms with Crippen molar-refractivity contribution in [1.82, 2.24) is 0 Å². The van der Waals surface area contributed by atoms with E-state index in [0.717, 1.165) is 0 Å². The molecule has 2 aromatic carbocycles. The summed E-state index contributed by atoms with van der Waals surface area (Å²) in [4.78, 5) is 0. The Morgan fingerprint density at radius 1 is 0.857 bits per heavy atom. The molecule has 2 aromatic rings. The standard InChI is InChI=1S/C26H34Si2/c1-6-7-10-20-13-15-22(19-20)27(2,3)28(4,5)26-18-17-24-23-12-9-8-11-21(23)14-16-25(24)26/h8-9,11-19,22,26H,6-7,10H2,1-5H3. The molecule has 146 valence electrons. The fraction of sp³-hybridized carbons (Fsp3) is 0.385. The molecule has 0 bridgehead atoms. The first-order valence-corrected chi connectivity index (χ1v) is 18.1. The summed E-state index contributed by atoms with van der Waals surface area (Å²) in [6.07, 6.45) is 16.5. The van der Waals surface area contributed by atoms with Crippen molar-refractivity contribution in [3.8, 4) is 0 Å². The van der Waals surface area contributed by atoms with Crippen LogP contribution in [0, 0.1) is 0 Å². The number of benzene rings is 2. The van der Waals surface area contributed by atoms with Crippen LogP contribution >= 0.6 is 0 Å². The van der Waals surface area contributed by atoms with Crippen LogP contribution in [0.4, 0.5) is 0 Å². The number of hydrogen-bond donors (Lipinski definition) is 0. The molecule has 0 aromatic heterocycles. The minimum absolute atomic E-state index is 0.648. The van der Waals surface area contributed by atoms with Gasteiger partial charge in [0.25, 0.3) is 0 Å². The Labute approximate surface area is 172 Å². The molecule has 2 aliphatic carbocycles. The van der Waals surface area contributed by atoms with E-state index in [2.05, 4.69) is 99.9 Å². The van der Waals surface area contributed by atoms with Crippen LogP contribution in [0.3, 0.4) is 0 Å². The average Bonchev–Trinajstić information content (AvgIpc) is 3.33. The molecule has 0 amide bonds. The molecule has 2 aliphatic rings. The first kappa shape index (κ1) is 19.7. The normalized spacial score (nSPS) is 21.4. The number of rotatable bonds is 6. The van der Waals surface area contributed by atoms with Crippen LogP contribution in [0.25, 0.3) is 16.8 Å². The number of hydrogen-bond acceptors (Lipinski definition) is 0. The van der Waals surface area contributed by atoms with Crippen molar-refractivity contribution in [3.05, 3.63) is 77.4 Å². The molecular weight excluding hydrogens is 368 g/mol. The topological polar surface area (TPSA) is 0 Å². The predicted octanol–water partition coefficient (Wildman–Crippen LogP) is 8.04. The quantitative estimate of drug-likeness (QED) is 0.429. The van der Waals surface area contributed by atoms with E-state index < -0.39 is 15.2 Å². The minimum Gasteiger partial charge on any atom is -0.0803 e. The molecule has 28 heavy (non-hydrogen) atoms. The first-order chi connectivity index (χ1) is 13.4. The van der Waals surface area contributed by atoms with Crippen LogP contribution in [-0.2, 0) is 0 Å². The van der Waals surface area contributed by atoms with Crippen LogP contribution in [-0.4, -0.2) is 15.2 Å². The van der Waals surface area contributed by atoms with Crippen molar-refractivity contribution < 1.29 is 0 Å². The molecule has 0 nitrogen and oxygen atoms in total. The monoisotopic (exact) mass is 402 g/mol. The Morgan fingerprint density at radius 3 is 2.43 bits per heavy atom.